The SMILES string of the molecule is Cn1cnc(Cn2c(=O)c3c(F)c(I)c(-c4cc(C#N)ccc4Cl)cc3n(Cc3cc(F)c(F)c(Cl)c3)c2=O)n1. The summed E-state index contributed by atoms with van der Waals surface area (Å²) in [7, 11) is 1.60. The van der Waals surface area contributed by atoms with E-state index < -0.39 is 45.7 Å². The lowest BCUT2D eigenvalue weighted by molar-refractivity contribution is 0.506. The third-order valence-electron chi connectivity index (χ3n) is 6.11. The number of halogens is 6. The molecule has 8 nitrogen and oxygen atoms in total. The van der Waals surface area contributed by atoms with Gasteiger partial charge in [0.2, 0.25) is 0 Å². The molecule has 2 aromatic heterocycles. The molecule has 0 N–H and O–H groups in total. The molecule has 0 unspecified atom stereocenters. The smallest absolute Gasteiger partial charge is 0.289 e. The van der Waals surface area contributed by atoms with Crippen molar-refractivity contribution in [2.24, 2.45) is 7.05 Å². The first-order valence-electron chi connectivity index (χ1n) is 11.3. The number of nitriles is 1. The maximum absolute atomic E-state index is 16.1. The van der Waals surface area contributed by atoms with E-state index in [-0.39, 0.29) is 43.2 Å². The van der Waals surface area contributed by atoms with Crippen molar-refractivity contribution in [1.82, 2.24) is 23.9 Å². The van der Waals surface area contributed by atoms with E-state index in [9.17, 15) is 23.6 Å². The second-order valence-electron chi connectivity index (χ2n) is 8.72. The number of aromatic nitrogens is 5. The standard InChI is InChI=1S/C26H14Cl2F3IN6O2/c1-36-11-34-20(35-36)10-38-25(39)21-19(37(26(38)40)9-13-5-17(28)22(30)18(29)6-13)7-15(24(32)23(21)31)14-4-12(8-33)2-3-16(14)27/h2-7,11H,9-10H2,1H3. The number of hydrogen-bond acceptors (Lipinski definition) is 5. The van der Waals surface area contributed by atoms with Crippen LogP contribution in [0.4, 0.5) is 13.2 Å². The first-order chi connectivity index (χ1) is 19.0. The van der Waals surface area contributed by atoms with Gasteiger partial charge in [-0.2, -0.15) is 10.4 Å². The van der Waals surface area contributed by atoms with Crippen molar-refractivity contribution in [3.05, 3.63) is 112 Å². The molecule has 0 bridgehead atoms. The van der Waals surface area contributed by atoms with Crippen LogP contribution in [0, 0.1) is 32.4 Å². The van der Waals surface area contributed by atoms with Gasteiger partial charge in [0, 0.05) is 23.2 Å². The molecule has 0 fully saturated rings. The highest BCUT2D eigenvalue weighted by Gasteiger charge is 2.24. The Labute approximate surface area is 247 Å². The van der Waals surface area contributed by atoms with Crippen molar-refractivity contribution in [1.29, 1.82) is 5.26 Å². The van der Waals surface area contributed by atoms with Gasteiger partial charge in [0.15, 0.2) is 23.3 Å². The van der Waals surface area contributed by atoms with Crippen LogP contribution in [0.25, 0.3) is 22.0 Å². The molecule has 0 saturated carbocycles. The molecule has 14 heteroatoms. The van der Waals surface area contributed by atoms with E-state index in [4.69, 9.17) is 23.2 Å². The minimum absolute atomic E-state index is 0.0165. The lowest BCUT2D eigenvalue weighted by Gasteiger charge is -2.17. The Morgan fingerprint density at radius 3 is 2.38 bits per heavy atom. The molecule has 0 aliphatic heterocycles. The van der Waals surface area contributed by atoms with E-state index in [0.29, 0.717) is 5.56 Å². The second-order valence-corrected chi connectivity index (χ2v) is 10.6. The van der Waals surface area contributed by atoms with Crippen molar-refractivity contribution in [2.75, 3.05) is 0 Å². The fourth-order valence-electron chi connectivity index (χ4n) is 4.27. The molecule has 3 aromatic carbocycles. The van der Waals surface area contributed by atoms with Crippen LogP contribution in [-0.4, -0.2) is 23.9 Å². The Bertz CT molecular complexity index is 1990. The zero-order chi connectivity index (χ0) is 28.9. The van der Waals surface area contributed by atoms with E-state index in [1.165, 1.54) is 35.3 Å². The van der Waals surface area contributed by atoms with Gasteiger partial charge in [-0.3, -0.25) is 18.6 Å². The highest BCUT2D eigenvalue weighted by molar-refractivity contribution is 14.1. The van der Waals surface area contributed by atoms with Crippen LogP contribution < -0.4 is 11.2 Å². The van der Waals surface area contributed by atoms with E-state index in [1.54, 1.807) is 29.6 Å². The van der Waals surface area contributed by atoms with Gasteiger partial charge in [-0.15, -0.1) is 0 Å². The van der Waals surface area contributed by atoms with Crippen LogP contribution in [0.2, 0.25) is 10.0 Å². The highest BCUT2D eigenvalue weighted by atomic mass is 127. The fraction of sp³-hybridized carbons (Fsp3) is 0.115. The first-order valence-corrected chi connectivity index (χ1v) is 13.2. The molecule has 40 heavy (non-hydrogen) atoms. The topological polar surface area (TPSA) is 98.5 Å². The monoisotopic (exact) mass is 696 g/mol. The molecule has 5 aromatic rings. The van der Waals surface area contributed by atoms with Crippen LogP contribution in [0.5, 0.6) is 0 Å². The number of hydrogen-bond donors (Lipinski definition) is 0. The molecule has 0 spiro atoms. The van der Waals surface area contributed by atoms with E-state index >= 15 is 4.39 Å². The van der Waals surface area contributed by atoms with E-state index in [1.807, 2.05) is 6.07 Å². The van der Waals surface area contributed by atoms with Crippen LogP contribution in [0.1, 0.15) is 17.0 Å². The average molecular weight is 697 g/mol. The Balaban J connectivity index is 1.85. The molecule has 0 atom stereocenters. The van der Waals surface area contributed by atoms with Crippen molar-refractivity contribution in [2.45, 2.75) is 13.1 Å². The summed E-state index contributed by atoms with van der Waals surface area (Å²) in [5, 5.41) is 12.7. The van der Waals surface area contributed by atoms with Gasteiger partial charge < -0.3 is 0 Å². The minimum atomic E-state index is -1.26. The maximum atomic E-state index is 16.1. The van der Waals surface area contributed by atoms with Gasteiger partial charge >= 0.3 is 5.69 Å². The Hall–Kier alpha value is -3.67. The fourth-order valence-corrected chi connectivity index (χ4v) is 5.43. The summed E-state index contributed by atoms with van der Waals surface area (Å²) in [6.45, 7) is -0.769. The first kappa shape index (κ1) is 27.9. The quantitative estimate of drug-likeness (QED) is 0.185. The van der Waals surface area contributed by atoms with Crippen molar-refractivity contribution in [3.8, 4) is 17.2 Å². The van der Waals surface area contributed by atoms with Crippen molar-refractivity contribution >= 4 is 56.7 Å². The lowest BCUT2D eigenvalue weighted by atomic mass is 10.0. The van der Waals surface area contributed by atoms with Crippen molar-refractivity contribution in [3.63, 3.8) is 0 Å². The number of nitrogens with zero attached hydrogens (tertiary/aromatic N) is 6. The largest absolute Gasteiger partial charge is 0.332 e. The third-order valence-corrected chi connectivity index (χ3v) is 7.77. The normalized spacial score (nSPS) is 11.2. The number of rotatable bonds is 5. The molecule has 0 saturated heterocycles. The molecule has 2 heterocycles. The number of aryl methyl sites for hydroxylation is 1. The Morgan fingerprint density at radius 2 is 1.73 bits per heavy atom. The Morgan fingerprint density at radius 1 is 0.975 bits per heavy atom. The van der Waals surface area contributed by atoms with Gasteiger partial charge in [-0.25, -0.2) is 22.9 Å². The molecule has 0 aliphatic carbocycles. The highest BCUT2D eigenvalue weighted by Crippen LogP contribution is 2.36. The average Bonchev–Trinajstić information content (AvgIpc) is 3.34. The van der Waals surface area contributed by atoms with Gasteiger partial charge in [-0.05, 0) is 64.6 Å². The van der Waals surface area contributed by atoms with Crippen LogP contribution in [-0.2, 0) is 20.1 Å². The summed E-state index contributed by atoms with van der Waals surface area (Å²) in [6.07, 6.45) is 1.37. The summed E-state index contributed by atoms with van der Waals surface area (Å²) in [5.74, 6) is -3.32. The van der Waals surface area contributed by atoms with E-state index in [2.05, 4.69) is 10.1 Å². The van der Waals surface area contributed by atoms with Gasteiger partial charge in [0.1, 0.15) is 11.7 Å². The maximum Gasteiger partial charge on any atom is 0.332 e. The molecule has 0 amide bonds. The predicted molar refractivity (Wildman–Crippen MR) is 151 cm³/mol. The minimum Gasteiger partial charge on any atom is -0.289 e. The van der Waals surface area contributed by atoms with Crippen LogP contribution in [0.3, 0.4) is 0 Å². The van der Waals surface area contributed by atoms with Gasteiger partial charge in [0.25, 0.3) is 5.56 Å². The van der Waals surface area contributed by atoms with Gasteiger partial charge in [0.05, 0.1) is 38.8 Å². The molecule has 0 radical (unpaired) electrons. The van der Waals surface area contributed by atoms with Gasteiger partial charge in [-0.1, -0.05) is 23.2 Å². The Kier molecular flexibility index (Phi) is 7.47. The van der Waals surface area contributed by atoms with Crippen LogP contribution >= 0.6 is 45.8 Å². The lowest BCUT2D eigenvalue weighted by Crippen LogP contribution is -2.41. The predicted octanol–water partition coefficient (Wildman–Crippen LogP) is 5.26. The summed E-state index contributed by atoms with van der Waals surface area (Å²) in [5.41, 5.74) is -1.11. The summed E-state index contributed by atoms with van der Waals surface area (Å²) in [4.78, 5) is 31.3. The molecule has 5 rings (SSSR count). The molecule has 0 aliphatic rings. The van der Waals surface area contributed by atoms with Crippen LogP contribution in [0.15, 0.2) is 52.3 Å². The summed E-state index contributed by atoms with van der Waals surface area (Å²) < 4.78 is 47.3. The summed E-state index contributed by atoms with van der Waals surface area (Å²) in [6, 6.07) is 9.79. The van der Waals surface area contributed by atoms with Crippen molar-refractivity contribution < 1.29 is 13.2 Å². The van der Waals surface area contributed by atoms with E-state index in [0.717, 1.165) is 21.3 Å². The summed E-state index contributed by atoms with van der Waals surface area (Å²) >= 11 is 13.9. The molecular formula is C26H14Cl2F3IN6O2. The number of fused-ring (bicyclic) bond motifs is 1. The number of benzene rings is 3. The third kappa shape index (κ3) is 4.89. The zero-order valence-corrected chi connectivity index (χ0v) is 23.9. The zero-order valence-electron chi connectivity index (χ0n) is 20.2. The second kappa shape index (κ2) is 10.7. The molecular weight excluding hydrogens is 683 g/mol. The molecule has 202 valence electrons.